The van der Waals surface area contributed by atoms with Gasteiger partial charge in [-0.25, -0.2) is 27.8 Å². The largest absolute Gasteiger partial charge is 0.477 e. The molecule has 0 amide bonds. The molecule has 5 rings (SSSR count). The number of sulfonamides is 1. The van der Waals surface area contributed by atoms with Gasteiger partial charge >= 0.3 is 0 Å². The molecule has 2 aliphatic heterocycles. The Morgan fingerprint density at radius 2 is 1.92 bits per heavy atom. The van der Waals surface area contributed by atoms with E-state index in [4.69, 9.17) is 9.47 Å². The van der Waals surface area contributed by atoms with Crippen molar-refractivity contribution in [2.24, 2.45) is 0 Å². The highest BCUT2D eigenvalue weighted by molar-refractivity contribution is 7.89. The SMILES string of the molecule is CCS(=O)(=O)N1CCN(c2ccc3cc2COC/C=C/CCOc2cc(ccn2)-c2nc(ncc2F)N3)CC1. The van der Waals surface area contributed by atoms with Crippen molar-refractivity contribution in [3.05, 3.63) is 66.3 Å². The number of ether oxygens (including phenoxy) is 2. The Hall–Kier alpha value is -3.61. The van der Waals surface area contributed by atoms with Crippen molar-refractivity contribution in [3.63, 3.8) is 0 Å². The smallest absolute Gasteiger partial charge is 0.227 e. The van der Waals surface area contributed by atoms with E-state index in [-0.39, 0.29) is 17.4 Å². The van der Waals surface area contributed by atoms with Gasteiger partial charge in [0, 0.05) is 60.9 Å². The number of pyridine rings is 1. The zero-order chi connectivity index (χ0) is 27.2. The van der Waals surface area contributed by atoms with Gasteiger partial charge in [-0.15, -0.1) is 0 Å². The van der Waals surface area contributed by atoms with E-state index >= 15 is 0 Å². The van der Waals surface area contributed by atoms with Crippen LogP contribution in [0.5, 0.6) is 5.88 Å². The molecule has 0 atom stereocenters. The molecule has 4 heterocycles. The maximum absolute atomic E-state index is 14.7. The topological polar surface area (TPSA) is 110 Å². The molecule has 0 aliphatic carbocycles. The Kier molecular flexibility index (Phi) is 8.34. The first-order chi connectivity index (χ1) is 18.9. The number of benzene rings is 1. The molecule has 0 saturated carbocycles. The predicted octanol–water partition coefficient (Wildman–Crippen LogP) is 3.75. The zero-order valence-electron chi connectivity index (χ0n) is 21.7. The van der Waals surface area contributed by atoms with Gasteiger partial charge in [0.05, 0.1) is 31.8 Å². The van der Waals surface area contributed by atoms with Gasteiger partial charge in [0.15, 0.2) is 5.82 Å². The second-order valence-electron chi connectivity index (χ2n) is 9.15. The average molecular weight is 555 g/mol. The molecule has 0 unspecified atom stereocenters. The van der Waals surface area contributed by atoms with Crippen LogP contribution >= 0.6 is 0 Å². The van der Waals surface area contributed by atoms with E-state index in [1.807, 2.05) is 30.4 Å². The minimum Gasteiger partial charge on any atom is -0.477 e. The van der Waals surface area contributed by atoms with Crippen molar-refractivity contribution in [2.45, 2.75) is 20.0 Å². The van der Waals surface area contributed by atoms with Crippen molar-refractivity contribution in [3.8, 4) is 17.1 Å². The molecule has 12 heteroatoms. The van der Waals surface area contributed by atoms with Crippen LogP contribution in [0, 0.1) is 5.82 Å². The van der Waals surface area contributed by atoms with Gasteiger partial charge in [-0.2, -0.15) is 4.31 Å². The minimum absolute atomic E-state index is 0.0988. The molecule has 0 radical (unpaired) electrons. The van der Waals surface area contributed by atoms with Crippen LogP contribution in [0.15, 0.2) is 54.9 Å². The molecule has 2 aromatic heterocycles. The fourth-order valence-corrected chi connectivity index (χ4v) is 5.61. The molecular formula is C27H31FN6O4S. The summed E-state index contributed by atoms with van der Waals surface area (Å²) in [7, 11) is -3.22. The van der Waals surface area contributed by atoms with E-state index in [1.165, 1.54) is 0 Å². The fourth-order valence-electron chi connectivity index (χ4n) is 4.53. The summed E-state index contributed by atoms with van der Waals surface area (Å²) in [5.41, 5.74) is 3.31. The van der Waals surface area contributed by atoms with Crippen LogP contribution in [0.25, 0.3) is 11.3 Å². The van der Waals surface area contributed by atoms with Gasteiger partial charge in [-0.3, -0.25) is 0 Å². The summed E-state index contributed by atoms with van der Waals surface area (Å²) in [6, 6.07) is 9.18. The summed E-state index contributed by atoms with van der Waals surface area (Å²) < 4.78 is 52.5. The third kappa shape index (κ3) is 6.52. The van der Waals surface area contributed by atoms with Crippen LogP contribution in [0.1, 0.15) is 18.9 Å². The summed E-state index contributed by atoms with van der Waals surface area (Å²) in [4.78, 5) is 14.9. The Balaban J connectivity index is 1.43. The number of hydrogen-bond acceptors (Lipinski definition) is 9. The normalized spacial score (nSPS) is 17.8. The quantitative estimate of drug-likeness (QED) is 0.484. The molecule has 1 N–H and O–H groups in total. The van der Waals surface area contributed by atoms with Crippen LogP contribution in [0.4, 0.5) is 21.7 Å². The van der Waals surface area contributed by atoms with E-state index in [0.29, 0.717) is 63.9 Å². The summed E-state index contributed by atoms with van der Waals surface area (Å²) in [5.74, 6) is 0.178. The van der Waals surface area contributed by atoms with Crippen LogP contribution in [0.3, 0.4) is 0 Å². The fraction of sp³-hybridized carbons (Fsp3) is 0.370. The molecule has 2 aliphatic rings. The van der Waals surface area contributed by atoms with Crippen molar-refractivity contribution in [1.82, 2.24) is 19.3 Å². The molecule has 10 nitrogen and oxygen atoms in total. The third-order valence-corrected chi connectivity index (χ3v) is 8.48. The summed E-state index contributed by atoms with van der Waals surface area (Å²) in [5, 5.41) is 3.18. The second kappa shape index (κ2) is 12.1. The molecule has 3 aromatic rings. The number of nitrogens with zero attached hydrogens (tertiary/aromatic N) is 5. The number of aromatic nitrogens is 3. The lowest BCUT2D eigenvalue weighted by atomic mass is 10.1. The maximum atomic E-state index is 14.7. The number of halogens is 1. The van der Waals surface area contributed by atoms with E-state index in [2.05, 4.69) is 25.2 Å². The number of rotatable bonds is 3. The lowest BCUT2D eigenvalue weighted by Gasteiger charge is -2.36. The first-order valence-electron chi connectivity index (χ1n) is 12.9. The van der Waals surface area contributed by atoms with Crippen molar-refractivity contribution in [2.75, 3.05) is 55.4 Å². The van der Waals surface area contributed by atoms with Gasteiger partial charge in [-0.1, -0.05) is 12.2 Å². The maximum Gasteiger partial charge on any atom is 0.227 e. The Morgan fingerprint density at radius 3 is 2.74 bits per heavy atom. The van der Waals surface area contributed by atoms with Crippen LogP contribution in [-0.2, 0) is 21.4 Å². The number of fused-ring (bicyclic) bond motifs is 7. The second-order valence-corrected chi connectivity index (χ2v) is 11.4. The predicted molar refractivity (Wildman–Crippen MR) is 147 cm³/mol. The van der Waals surface area contributed by atoms with Crippen molar-refractivity contribution >= 4 is 27.3 Å². The number of hydrogen-bond donors (Lipinski definition) is 1. The highest BCUT2D eigenvalue weighted by atomic mass is 32.2. The van der Waals surface area contributed by atoms with E-state index < -0.39 is 15.8 Å². The van der Waals surface area contributed by atoms with E-state index in [0.717, 1.165) is 23.1 Å². The number of piperazine rings is 1. The first kappa shape index (κ1) is 27.0. The van der Waals surface area contributed by atoms with Crippen LogP contribution in [0.2, 0.25) is 0 Å². The van der Waals surface area contributed by atoms with Crippen molar-refractivity contribution in [1.29, 1.82) is 0 Å². The lowest BCUT2D eigenvalue weighted by Crippen LogP contribution is -2.49. The van der Waals surface area contributed by atoms with Gasteiger partial charge in [0.2, 0.25) is 21.9 Å². The standard InChI is InChI=1S/C27H31FN6O4S/c1-2-39(35,36)34-12-10-33(11-13-34)24-7-6-22-16-21(24)19-37-14-4-3-5-15-38-25-17-20(8-9-29-25)26-23(28)18-30-27(31-22)32-26/h3-4,6-9,16-18H,2,5,10-15,19H2,1H3,(H,30,31,32)/b4-3+. The average Bonchev–Trinajstić information content (AvgIpc) is 2.95. The van der Waals surface area contributed by atoms with Crippen molar-refractivity contribution < 1.29 is 22.3 Å². The third-order valence-electron chi connectivity index (χ3n) is 6.60. The number of nitrogens with one attached hydrogen (secondary N) is 1. The Bertz CT molecular complexity index is 1440. The molecule has 1 saturated heterocycles. The molecule has 0 spiro atoms. The van der Waals surface area contributed by atoms with Gasteiger partial charge < -0.3 is 19.7 Å². The van der Waals surface area contributed by atoms with Gasteiger partial charge in [-0.05, 0) is 37.6 Å². The van der Waals surface area contributed by atoms with E-state index in [9.17, 15) is 12.8 Å². The summed E-state index contributed by atoms with van der Waals surface area (Å²) in [6.07, 6.45) is 7.29. The van der Waals surface area contributed by atoms with Gasteiger partial charge in [0.1, 0.15) is 5.69 Å². The Morgan fingerprint density at radius 1 is 1.08 bits per heavy atom. The highest BCUT2D eigenvalue weighted by Gasteiger charge is 2.26. The molecular weight excluding hydrogens is 523 g/mol. The molecule has 39 heavy (non-hydrogen) atoms. The number of anilines is 3. The van der Waals surface area contributed by atoms with Crippen LogP contribution in [-0.4, -0.2) is 72.8 Å². The lowest BCUT2D eigenvalue weighted by molar-refractivity contribution is 0.148. The van der Waals surface area contributed by atoms with E-state index in [1.54, 1.807) is 29.6 Å². The molecule has 206 valence electrons. The Labute approximate surface area is 227 Å². The summed E-state index contributed by atoms with van der Waals surface area (Å²) >= 11 is 0. The molecule has 6 bridgehead atoms. The highest BCUT2D eigenvalue weighted by Crippen LogP contribution is 2.29. The first-order valence-corrected chi connectivity index (χ1v) is 14.5. The zero-order valence-corrected chi connectivity index (χ0v) is 22.5. The minimum atomic E-state index is -3.22. The monoisotopic (exact) mass is 554 g/mol. The summed E-state index contributed by atoms with van der Waals surface area (Å²) in [6.45, 7) is 4.89. The van der Waals surface area contributed by atoms with Crippen LogP contribution < -0.4 is 15.0 Å². The molecule has 1 aromatic carbocycles. The van der Waals surface area contributed by atoms with Gasteiger partial charge in [0.25, 0.3) is 0 Å². The molecule has 1 fully saturated rings.